The van der Waals surface area contributed by atoms with E-state index < -0.39 is 11.6 Å². The van der Waals surface area contributed by atoms with Gasteiger partial charge in [-0.2, -0.15) is 0 Å². The van der Waals surface area contributed by atoms with Crippen LogP contribution in [0.3, 0.4) is 0 Å². The molecule has 1 aromatic heterocycles. The second-order valence-corrected chi connectivity index (χ2v) is 8.52. The number of nitrogens with one attached hydrogen (secondary N) is 2. The van der Waals surface area contributed by atoms with Crippen molar-refractivity contribution in [2.75, 3.05) is 18.5 Å². The number of amides is 1. The van der Waals surface area contributed by atoms with E-state index in [1.54, 1.807) is 11.9 Å². The van der Waals surface area contributed by atoms with Gasteiger partial charge in [-0.05, 0) is 62.8 Å². The molecular formula is C20H23F2N3O2S. The van der Waals surface area contributed by atoms with Crippen molar-refractivity contribution in [2.45, 2.75) is 50.1 Å². The van der Waals surface area contributed by atoms with E-state index >= 15 is 0 Å². The Morgan fingerprint density at radius 2 is 2.04 bits per heavy atom. The predicted molar refractivity (Wildman–Crippen MR) is 105 cm³/mol. The lowest BCUT2D eigenvalue weighted by Crippen LogP contribution is -2.55. The number of fused-ring (bicyclic) bond motifs is 1. The summed E-state index contributed by atoms with van der Waals surface area (Å²) < 4.78 is 37.5. The van der Waals surface area contributed by atoms with E-state index in [4.69, 9.17) is 4.74 Å². The predicted octanol–water partition coefficient (Wildman–Crippen LogP) is 4.05. The molecule has 0 unspecified atom stereocenters. The van der Waals surface area contributed by atoms with E-state index in [2.05, 4.69) is 21.5 Å². The number of benzene rings is 1. The van der Waals surface area contributed by atoms with Crippen LogP contribution in [0.4, 0.5) is 14.5 Å². The van der Waals surface area contributed by atoms with Crippen LogP contribution in [-0.2, 0) is 17.7 Å². The number of carbonyl (C=O) groups is 1. The topological polar surface area (TPSA) is 55.3 Å². The zero-order chi connectivity index (χ0) is 19.9. The first-order valence-corrected chi connectivity index (χ1v) is 10.2. The third-order valence-electron chi connectivity index (χ3n) is 5.23. The Morgan fingerprint density at radius 1 is 1.25 bits per heavy atom. The minimum Gasteiger partial charge on any atom is -0.377 e. The molecule has 1 saturated heterocycles. The lowest BCUT2D eigenvalue weighted by Gasteiger charge is -2.38. The van der Waals surface area contributed by atoms with Gasteiger partial charge in [0.2, 0.25) is 0 Å². The van der Waals surface area contributed by atoms with Gasteiger partial charge in [0.05, 0.1) is 18.8 Å². The molecule has 2 N–H and O–H groups in total. The van der Waals surface area contributed by atoms with Crippen molar-refractivity contribution in [3.63, 3.8) is 0 Å². The Morgan fingerprint density at radius 3 is 2.71 bits per heavy atom. The van der Waals surface area contributed by atoms with Crippen molar-refractivity contribution >= 4 is 23.5 Å². The summed E-state index contributed by atoms with van der Waals surface area (Å²) in [4.78, 5) is 14.1. The van der Waals surface area contributed by atoms with Crippen LogP contribution in [0.5, 0.6) is 0 Å². The Kier molecular flexibility index (Phi) is 5.20. The molecule has 0 radical (unpaired) electrons. The molecule has 2 aliphatic heterocycles. The molecule has 0 bridgehead atoms. The maximum atomic E-state index is 13.5. The fraction of sp³-hybridized carbons (Fsp3) is 0.450. The monoisotopic (exact) mass is 407 g/mol. The number of aromatic nitrogens is 1. The molecule has 0 atom stereocenters. The van der Waals surface area contributed by atoms with Crippen LogP contribution in [0.25, 0.3) is 0 Å². The second kappa shape index (κ2) is 7.50. The molecule has 0 spiro atoms. The summed E-state index contributed by atoms with van der Waals surface area (Å²) in [6.07, 6.45) is 3.01. The van der Waals surface area contributed by atoms with Crippen molar-refractivity contribution in [1.29, 1.82) is 0 Å². The molecule has 1 fully saturated rings. The van der Waals surface area contributed by atoms with Gasteiger partial charge >= 0.3 is 0 Å². The van der Waals surface area contributed by atoms with Gasteiger partial charge in [0, 0.05) is 28.9 Å². The van der Waals surface area contributed by atoms with E-state index in [9.17, 15) is 13.6 Å². The van der Waals surface area contributed by atoms with Crippen molar-refractivity contribution in [2.24, 2.45) is 0 Å². The van der Waals surface area contributed by atoms with Gasteiger partial charge in [0.1, 0.15) is 5.69 Å². The fourth-order valence-electron chi connectivity index (χ4n) is 3.68. The Labute approximate surface area is 167 Å². The molecule has 150 valence electrons. The van der Waals surface area contributed by atoms with Gasteiger partial charge in [-0.15, -0.1) is 0 Å². The van der Waals surface area contributed by atoms with E-state index in [1.807, 2.05) is 6.92 Å². The Hall–Kier alpha value is -1.90. The number of hydrogen-bond acceptors (Lipinski definition) is 4. The average molecular weight is 407 g/mol. The number of carbonyl (C=O) groups excluding carboxylic acids is 1. The summed E-state index contributed by atoms with van der Waals surface area (Å²) in [6.45, 7) is 6.15. The molecule has 1 amide bonds. The summed E-state index contributed by atoms with van der Waals surface area (Å²) >= 11 is 1.55. The number of halogens is 2. The van der Waals surface area contributed by atoms with Crippen molar-refractivity contribution in [1.82, 2.24) is 9.29 Å². The highest BCUT2D eigenvalue weighted by molar-refractivity contribution is 7.97. The highest BCUT2D eigenvalue weighted by Gasteiger charge is 2.35. The van der Waals surface area contributed by atoms with E-state index in [-0.39, 0.29) is 17.1 Å². The standard InChI is InChI=1S/C20H23F2N3O2S/c1-12-17(19(26)23-13-6-7-14(21)15(22)9-13)25-8-4-3-5-16(25)18(12)28-24-20(2)10-27-11-20/h6-7,9,24H,3-5,8,10-11H2,1-2H3,(H,23,26). The molecule has 2 aromatic rings. The van der Waals surface area contributed by atoms with Crippen LogP contribution in [0.1, 0.15) is 41.5 Å². The Bertz CT molecular complexity index is 925. The van der Waals surface area contributed by atoms with E-state index in [1.165, 1.54) is 6.07 Å². The summed E-state index contributed by atoms with van der Waals surface area (Å²) in [5, 5.41) is 2.71. The molecule has 4 rings (SSSR count). The van der Waals surface area contributed by atoms with Crippen molar-refractivity contribution in [3.05, 3.63) is 46.8 Å². The lowest BCUT2D eigenvalue weighted by molar-refractivity contribution is -0.0510. The van der Waals surface area contributed by atoms with Crippen LogP contribution in [0.2, 0.25) is 0 Å². The molecular weight excluding hydrogens is 384 g/mol. The Balaban J connectivity index is 1.62. The first-order chi connectivity index (χ1) is 13.4. The third kappa shape index (κ3) is 3.56. The van der Waals surface area contributed by atoms with Crippen molar-refractivity contribution < 1.29 is 18.3 Å². The normalized spacial score (nSPS) is 17.7. The van der Waals surface area contributed by atoms with Crippen LogP contribution < -0.4 is 10.0 Å². The summed E-state index contributed by atoms with van der Waals surface area (Å²) in [7, 11) is 0. The summed E-state index contributed by atoms with van der Waals surface area (Å²) in [5.41, 5.74) is 2.81. The number of hydrogen-bond donors (Lipinski definition) is 2. The highest BCUT2D eigenvalue weighted by atomic mass is 32.2. The van der Waals surface area contributed by atoms with Crippen LogP contribution >= 0.6 is 11.9 Å². The fourth-order valence-corrected chi connectivity index (χ4v) is 4.72. The minimum atomic E-state index is -0.983. The molecule has 0 saturated carbocycles. The molecule has 3 heterocycles. The third-order valence-corrected chi connectivity index (χ3v) is 6.57. The van der Waals surface area contributed by atoms with Gasteiger partial charge in [-0.1, -0.05) is 0 Å². The lowest BCUT2D eigenvalue weighted by atomic mass is 10.0. The van der Waals surface area contributed by atoms with Gasteiger partial charge in [0.15, 0.2) is 11.6 Å². The SMILES string of the molecule is Cc1c(SNC2(C)COC2)c2n(c1C(=O)Nc1ccc(F)c(F)c1)CCCC2. The molecule has 2 aliphatic rings. The van der Waals surface area contributed by atoms with Crippen molar-refractivity contribution in [3.8, 4) is 0 Å². The van der Waals surface area contributed by atoms with Gasteiger partial charge in [-0.25, -0.2) is 13.5 Å². The number of nitrogens with zero attached hydrogens (tertiary/aromatic N) is 1. The summed E-state index contributed by atoms with van der Waals surface area (Å²) in [5.74, 6) is -2.23. The largest absolute Gasteiger partial charge is 0.377 e. The minimum absolute atomic E-state index is 0.0609. The number of ether oxygens (including phenoxy) is 1. The number of anilines is 1. The summed E-state index contributed by atoms with van der Waals surface area (Å²) in [6, 6.07) is 3.37. The molecule has 1 aromatic carbocycles. The van der Waals surface area contributed by atoms with E-state index in [0.29, 0.717) is 18.9 Å². The van der Waals surface area contributed by atoms with Crippen LogP contribution in [0, 0.1) is 18.6 Å². The zero-order valence-electron chi connectivity index (χ0n) is 15.9. The first-order valence-electron chi connectivity index (χ1n) is 9.38. The van der Waals surface area contributed by atoms with Gasteiger partial charge < -0.3 is 14.6 Å². The maximum Gasteiger partial charge on any atom is 0.272 e. The second-order valence-electron chi connectivity index (χ2n) is 7.70. The molecule has 28 heavy (non-hydrogen) atoms. The van der Waals surface area contributed by atoms with Crippen LogP contribution in [0.15, 0.2) is 23.1 Å². The molecule has 5 nitrogen and oxygen atoms in total. The van der Waals surface area contributed by atoms with Gasteiger partial charge in [0.25, 0.3) is 5.91 Å². The van der Waals surface area contributed by atoms with E-state index in [0.717, 1.165) is 54.1 Å². The first kappa shape index (κ1) is 19.4. The molecule has 8 heteroatoms. The zero-order valence-corrected chi connectivity index (χ0v) is 16.7. The molecule has 0 aliphatic carbocycles. The van der Waals surface area contributed by atoms with Crippen LogP contribution in [-0.4, -0.2) is 29.2 Å². The smallest absolute Gasteiger partial charge is 0.272 e. The maximum absolute atomic E-state index is 13.5. The van der Waals surface area contributed by atoms with Gasteiger partial charge in [-0.3, -0.25) is 4.79 Å². The highest BCUT2D eigenvalue weighted by Crippen LogP contribution is 2.36. The number of rotatable bonds is 5. The quantitative estimate of drug-likeness (QED) is 0.735. The average Bonchev–Trinajstić information content (AvgIpc) is 2.93.